The third kappa shape index (κ3) is 4.23. The third-order valence-corrected chi connectivity index (χ3v) is 2.62. The van der Waals surface area contributed by atoms with Crippen molar-refractivity contribution in [1.29, 1.82) is 0 Å². The molecule has 0 bridgehead atoms. The van der Waals surface area contributed by atoms with E-state index in [2.05, 4.69) is 25.0 Å². The van der Waals surface area contributed by atoms with Gasteiger partial charge in [-0.2, -0.15) is 0 Å². The summed E-state index contributed by atoms with van der Waals surface area (Å²) < 4.78 is 10.0. The summed E-state index contributed by atoms with van der Waals surface area (Å²) in [5.41, 5.74) is 0.0919. The van der Waals surface area contributed by atoms with E-state index in [0.717, 1.165) is 0 Å². The Labute approximate surface area is 126 Å². The number of methoxy groups -OCH3 is 1. The van der Waals surface area contributed by atoms with E-state index in [1.807, 2.05) is 0 Å². The van der Waals surface area contributed by atoms with Crippen molar-refractivity contribution in [3.63, 3.8) is 0 Å². The van der Waals surface area contributed by atoms with Crippen LogP contribution in [0.3, 0.4) is 0 Å². The fourth-order valence-electron chi connectivity index (χ4n) is 1.56. The lowest BCUT2D eigenvalue weighted by atomic mass is 10.3. The topological polar surface area (TPSA) is 103 Å². The van der Waals surface area contributed by atoms with Gasteiger partial charge in [-0.05, 0) is 6.07 Å². The molecule has 2 heterocycles. The number of ether oxygens (including phenoxy) is 2. The van der Waals surface area contributed by atoms with Crippen LogP contribution in [0.4, 0.5) is 0 Å². The molecule has 22 heavy (non-hydrogen) atoms. The average molecular weight is 302 g/mol. The second-order valence-corrected chi connectivity index (χ2v) is 4.12. The average Bonchev–Trinajstić information content (AvgIpc) is 2.59. The predicted molar refractivity (Wildman–Crippen MR) is 75.0 cm³/mol. The fraction of sp³-hybridized carbons (Fsp3) is 0.214. The molecule has 2 aromatic rings. The number of amides is 1. The van der Waals surface area contributed by atoms with Crippen LogP contribution in [0, 0.1) is 0 Å². The fourth-order valence-corrected chi connectivity index (χ4v) is 1.56. The monoisotopic (exact) mass is 302 g/mol. The molecule has 0 saturated carbocycles. The standard InChI is InChI=1S/C14H14N4O4/c1-21-14(20)11(9-22-12-4-2-3-5-17-12)18-13(19)10-8-15-6-7-16-10/h2-8,11H,9H2,1H3,(H,18,19). The number of nitrogens with zero attached hydrogens (tertiary/aromatic N) is 3. The maximum absolute atomic E-state index is 12.0. The predicted octanol–water partition coefficient (Wildman–Crippen LogP) is 0.222. The van der Waals surface area contributed by atoms with Crippen LogP contribution in [-0.2, 0) is 9.53 Å². The first kappa shape index (κ1) is 15.4. The highest BCUT2D eigenvalue weighted by atomic mass is 16.5. The Kier molecular flexibility index (Phi) is 5.36. The van der Waals surface area contributed by atoms with E-state index in [1.165, 1.54) is 25.7 Å². The molecule has 2 aromatic heterocycles. The second kappa shape index (κ2) is 7.67. The lowest BCUT2D eigenvalue weighted by molar-refractivity contribution is -0.143. The molecule has 0 fully saturated rings. The second-order valence-electron chi connectivity index (χ2n) is 4.12. The highest BCUT2D eigenvalue weighted by Crippen LogP contribution is 2.04. The highest BCUT2D eigenvalue weighted by Gasteiger charge is 2.23. The Morgan fingerprint density at radius 3 is 2.73 bits per heavy atom. The number of hydrogen-bond donors (Lipinski definition) is 1. The smallest absolute Gasteiger partial charge is 0.331 e. The first-order valence-electron chi connectivity index (χ1n) is 6.39. The van der Waals surface area contributed by atoms with Gasteiger partial charge in [0.15, 0.2) is 6.04 Å². The van der Waals surface area contributed by atoms with Crippen molar-refractivity contribution >= 4 is 11.9 Å². The zero-order chi connectivity index (χ0) is 15.8. The van der Waals surface area contributed by atoms with Crippen LogP contribution in [0.25, 0.3) is 0 Å². The molecular formula is C14H14N4O4. The Balaban J connectivity index is 2.00. The summed E-state index contributed by atoms with van der Waals surface area (Å²) in [6.45, 7) is -0.115. The van der Waals surface area contributed by atoms with Crippen molar-refractivity contribution in [3.05, 3.63) is 48.7 Å². The molecule has 0 aliphatic heterocycles. The number of esters is 1. The molecule has 2 rings (SSSR count). The summed E-state index contributed by atoms with van der Waals surface area (Å²) in [5.74, 6) is -0.841. The van der Waals surface area contributed by atoms with Gasteiger partial charge in [0.2, 0.25) is 5.88 Å². The molecule has 8 heteroatoms. The van der Waals surface area contributed by atoms with Crippen molar-refractivity contribution in [2.24, 2.45) is 0 Å². The van der Waals surface area contributed by atoms with Gasteiger partial charge in [-0.3, -0.25) is 9.78 Å². The normalized spacial score (nSPS) is 11.3. The zero-order valence-corrected chi connectivity index (χ0v) is 11.8. The van der Waals surface area contributed by atoms with Crippen molar-refractivity contribution in [3.8, 4) is 5.88 Å². The molecule has 0 aliphatic carbocycles. The molecule has 1 atom stereocenters. The maximum Gasteiger partial charge on any atom is 0.331 e. The summed E-state index contributed by atoms with van der Waals surface area (Å²) in [4.78, 5) is 35.3. The SMILES string of the molecule is COC(=O)C(COc1ccccn1)NC(=O)c1cnccn1. The van der Waals surface area contributed by atoms with E-state index in [0.29, 0.717) is 5.88 Å². The van der Waals surface area contributed by atoms with Gasteiger partial charge in [-0.1, -0.05) is 6.07 Å². The molecule has 1 unspecified atom stereocenters. The Hall–Kier alpha value is -3.03. The van der Waals surface area contributed by atoms with Crippen LogP contribution < -0.4 is 10.1 Å². The number of rotatable bonds is 6. The Bertz CT molecular complexity index is 621. The molecule has 8 nitrogen and oxygen atoms in total. The molecule has 1 N–H and O–H groups in total. The van der Waals surface area contributed by atoms with Crippen molar-refractivity contribution < 1.29 is 19.1 Å². The van der Waals surface area contributed by atoms with Crippen LogP contribution >= 0.6 is 0 Å². The Morgan fingerprint density at radius 1 is 1.23 bits per heavy atom. The van der Waals surface area contributed by atoms with Crippen LogP contribution in [0.2, 0.25) is 0 Å². The van der Waals surface area contributed by atoms with Gasteiger partial charge in [0.05, 0.1) is 13.3 Å². The van der Waals surface area contributed by atoms with Gasteiger partial charge < -0.3 is 14.8 Å². The van der Waals surface area contributed by atoms with Crippen LogP contribution in [0.5, 0.6) is 5.88 Å². The zero-order valence-electron chi connectivity index (χ0n) is 11.8. The molecule has 0 radical (unpaired) electrons. The first-order chi connectivity index (χ1) is 10.7. The van der Waals surface area contributed by atoms with Gasteiger partial charge in [0.1, 0.15) is 12.3 Å². The van der Waals surface area contributed by atoms with Gasteiger partial charge in [-0.25, -0.2) is 14.8 Å². The third-order valence-electron chi connectivity index (χ3n) is 2.62. The lowest BCUT2D eigenvalue weighted by Crippen LogP contribution is -2.45. The van der Waals surface area contributed by atoms with Crippen molar-refractivity contribution in [1.82, 2.24) is 20.3 Å². The Morgan fingerprint density at radius 2 is 2.09 bits per heavy atom. The van der Waals surface area contributed by atoms with E-state index in [4.69, 9.17) is 4.74 Å². The van der Waals surface area contributed by atoms with E-state index in [1.54, 1.807) is 24.4 Å². The number of hydrogen-bond acceptors (Lipinski definition) is 7. The summed E-state index contributed by atoms with van der Waals surface area (Å²) in [5, 5.41) is 2.49. The van der Waals surface area contributed by atoms with Crippen molar-refractivity contribution in [2.45, 2.75) is 6.04 Å². The van der Waals surface area contributed by atoms with Gasteiger partial charge >= 0.3 is 5.97 Å². The summed E-state index contributed by atoms with van der Waals surface area (Å²) in [6, 6.07) is 4.13. The number of nitrogens with one attached hydrogen (secondary N) is 1. The molecule has 0 aromatic carbocycles. The molecule has 0 spiro atoms. The highest BCUT2D eigenvalue weighted by molar-refractivity contribution is 5.94. The maximum atomic E-state index is 12.0. The quantitative estimate of drug-likeness (QED) is 0.761. The number of pyridine rings is 1. The van der Waals surface area contributed by atoms with Crippen molar-refractivity contribution in [2.75, 3.05) is 13.7 Å². The minimum absolute atomic E-state index is 0.0919. The van der Waals surface area contributed by atoms with E-state index < -0.39 is 17.9 Å². The van der Waals surface area contributed by atoms with Gasteiger partial charge in [-0.15, -0.1) is 0 Å². The minimum atomic E-state index is -0.985. The summed E-state index contributed by atoms with van der Waals surface area (Å²) in [7, 11) is 1.23. The van der Waals surface area contributed by atoms with Crippen LogP contribution in [-0.4, -0.2) is 46.6 Å². The summed E-state index contributed by atoms with van der Waals surface area (Å²) >= 11 is 0. The van der Waals surface area contributed by atoms with E-state index in [-0.39, 0.29) is 12.3 Å². The molecule has 114 valence electrons. The minimum Gasteiger partial charge on any atom is -0.475 e. The molecule has 0 aliphatic rings. The molecular weight excluding hydrogens is 288 g/mol. The lowest BCUT2D eigenvalue weighted by Gasteiger charge is -2.16. The van der Waals surface area contributed by atoms with Gasteiger partial charge in [0.25, 0.3) is 5.91 Å². The largest absolute Gasteiger partial charge is 0.475 e. The molecule has 0 saturated heterocycles. The van der Waals surface area contributed by atoms with E-state index in [9.17, 15) is 9.59 Å². The number of carbonyl (C=O) groups is 2. The van der Waals surface area contributed by atoms with Crippen LogP contribution in [0.15, 0.2) is 43.0 Å². The number of aromatic nitrogens is 3. The first-order valence-corrected chi connectivity index (χ1v) is 6.39. The van der Waals surface area contributed by atoms with E-state index >= 15 is 0 Å². The van der Waals surface area contributed by atoms with Crippen LogP contribution in [0.1, 0.15) is 10.5 Å². The number of carbonyl (C=O) groups excluding carboxylic acids is 2. The van der Waals surface area contributed by atoms with Gasteiger partial charge in [0, 0.05) is 24.7 Å². The molecule has 1 amide bonds. The summed E-state index contributed by atoms with van der Waals surface area (Å²) in [6.07, 6.45) is 5.68.